The molecular formula is C16H25ClO2S. The van der Waals surface area contributed by atoms with E-state index in [9.17, 15) is 8.42 Å². The number of sulfone groups is 1. The van der Waals surface area contributed by atoms with Crippen LogP contribution in [0.1, 0.15) is 58.3 Å². The molecule has 0 N–H and O–H groups in total. The third kappa shape index (κ3) is 6.76. The first-order chi connectivity index (χ1) is 9.56. The maximum atomic E-state index is 12.1. The van der Waals surface area contributed by atoms with Crippen molar-refractivity contribution in [2.75, 3.05) is 5.75 Å². The molecule has 0 atom stereocenters. The molecule has 0 bridgehead atoms. The Morgan fingerprint density at radius 1 is 0.850 bits per heavy atom. The van der Waals surface area contributed by atoms with Crippen LogP contribution in [0.15, 0.2) is 29.2 Å². The molecule has 0 aliphatic rings. The topological polar surface area (TPSA) is 34.1 Å². The van der Waals surface area contributed by atoms with Gasteiger partial charge in [-0.05, 0) is 30.7 Å². The summed E-state index contributed by atoms with van der Waals surface area (Å²) in [4.78, 5) is 0.379. The predicted octanol–water partition coefficient (Wildman–Crippen LogP) is 5.25. The van der Waals surface area contributed by atoms with Crippen LogP contribution >= 0.6 is 11.6 Å². The molecule has 1 aromatic rings. The Morgan fingerprint density at radius 2 is 1.35 bits per heavy atom. The van der Waals surface area contributed by atoms with Crippen LogP contribution in [-0.4, -0.2) is 14.2 Å². The molecule has 0 amide bonds. The van der Waals surface area contributed by atoms with E-state index in [1.807, 2.05) is 0 Å². The van der Waals surface area contributed by atoms with E-state index in [0.29, 0.717) is 9.92 Å². The van der Waals surface area contributed by atoms with Gasteiger partial charge >= 0.3 is 0 Å². The van der Waals surface area contributed by atoms with Gasteiger partial charge in [-0.3, -0.25) is 0 Å². The minimum atomic E-state index is -3.14. The van der Waals surface area contributed by atoms with Gasteiger partial charge in [-0.1, -0.05) is 63.5 Å². The fourth-order valence-corrected chi connectivity index (χ4v) is 3.68. The van der Waals surface area contributed by atoms with Gasteiger partial charge in [0.05, 0.1) is 10.6 Å². The number of halogens is 1. The van der Waals surface area contributed by atoms with Crippen LogP contribution in [0.25, 0.3) is 0 Å². The highest BCUT2D eigenvalue weighted by molar-refractivity contribution is 7.91. The van der Waals surface area contributed by atoms with Crippen LogP contribution in [0.2, 0.25) is 5.02 Å². The van der Waals surface area contributed by atoms with Crippen molar-refractivity contribution in [3.05, 3.63) is 29.3 Å². The van der Waals surface area contributed by atoms with E-state index in [2.05, 4.69) is 6.92 Å². The average Bonchev–Trinajstić information content (AvgIpc) is 2.42. The summed E-state index contributed by atoms with van der Waals surface area (Å²) in [6.45, 7) is 2.21. The van der Waals surface area contributed by atoms with Crippen molar-refractivity contribution >= 4 is 21.4 Å². The third-order valence-electron chi connectivity index (χ3n) is 3.44. The maximum Gasteiger partial charge on any atom is 0.178 e. The lowest BCUT2D eigenvalue weighted by Gasteiger charge is -2.05. The lowest BCUT2D eigenvalue weighted by atomic mass is 10.1. The molecular weight excluding hydrogens is 292 g/mol. The summed E-state index contributed by atoms with van der Waals surface area (Å²) in [6.07, 6.45) is 9.26. The molecule has 0 saturated carbocycles. The first kappa shape index (κ1) is 17.5. The summed E-state index contributed by atoms with van der Waals surface area (Å²) < 4.78 is 24.1. The minimum Gasteiger partial charge on any atom is -0.224 e. The zero-order valence-electron chi connectivity index (χ0n) is 12.3. The van der Waals surface area contributed by atoms with Crippen LogP contribution < -0.4 is 0 Å². The fraction of sp³-hybridized carbons (Fsp3) is 0.625. The number of hydrogen-bond acceptors (Lipinski definition) is 2. The van der Waals surface area contributed by atoms with Crippen molar-refractivity contribution in [1.82, 2.24) is 0 Å². The summed E-state index contributed by atoms with van der Waals surface area (Å²) in [5.74, 6) is 0.240. The summed E-state index contributed by atoms with van der Waals surface area (Å²) >= 11 is 5.76. The second kappa shape index (κ2) is 9.41. The molecule has 0 unspecified atom stereocenters. The smallest absolute Gasteiger partial charge is 0.178 e. The third-order valence-corrected chi connectivity index (χ3v) is 5.51. The molecule has 0 radical (unpaired) electrons. The molecule has 2 nitrogen and oxygen atoms in total. The van der Waals surface area contributed by atoms with Crippen LogP contribution in [0.4, 0.5) is 0 Å². The van der Waals surface area contributed by atoms with Crippen molar-refractivity contribution in [1.29, 1.82) is 0 Å². The van der Waals surface area contributed by atoms with Gasteiger partial charge in [0.15, 0.2) is 9.84 Å². The van der Waals surface area contributed by atoms with Crippen LogP contribution in [0, 0.1) is 0 Å². The van der Waals surface area contributed by atoms with E-state index < -0.39 is 9.84 Å². The predicted molar refractivity (Wildman–Crippen MR) is 86.1 cm³/mol. The summed E-state index contributed by atoms with van der Waals surface area (Å²) in [5.41, 5.74) is 0. The first-order valence-corrected chi connectivity index (χ1v) is 9.57. The molecule has 0 aliphatic carbocycles. The SMILES string of the molecule is CCCCCCCCCCS(=O)(=O)c1ccc(Cl)cc1. The fourth-order valence-electron chi connectivity index (χ4n) is 2.19. The van der Waals surface area contributed by atoms with Crippen LogP contribution in [0.5, 0.6) is 0 Å². The monoisotopic (exact) mass is 316 g/mol. The molecule has 1 rings (SSSR count). The quantitative estimate of drug-likeness (QED) is 0.552. The van der Waals surface area contributed by atoms with Crippen molar-refractivity contribution in [3.63, 3.8) is 0 Å². The second-order valence-corrected chi connectivity index (χ2v) is 7.79. The lowest BCUT2D eigenvalue weighted by Crippen LogP contribution is -2.06. The highest BCUT2D eigenvalue weighted by Crippen LogP contribution is 2.17. The molecule has 114 valence electrons. The van der Waals surface area contributed by atoms with Gasteiger partial charge in [-0.2, -0.15) is 0 Å². The van der Waals surface area contributed by atoms with E-state index >= 15 is 0 Å². The van der Waals surface area contributed by atoms with Gasteiger partial charge < -0.3 is 0 Å². The first-order valence-electron chi connectivity index (χ1n) is 7.54. The molecule has 1 aromatic carbocycles. The highest BCUT2D eigenvalue weighted by Gasteiger charge is 2.13. The highest BCUT2D eigenvalue weighted by atomic mass is 35.5. The maximum absolute atomic E-state index is 12.1. The van der Waals surface area contributed by atoms with Gasteiger partial charge in [-0.25, -0.2) is 8.42 Å². The molecule has 0 fully saturated rings. The Morgan fingerprint density at radius 3 is 1.90 bits per heavy atom. The summed E-state index contributed by atoms with van der Waals surface area (Å²) in [6, 6.07) is 6.43. The number of rotatable bonds is 10. The van der Waals surface area contributed by atoms with E-state index in [-0.39, 0.29) is 5.75 Å². The van der Waals surface area contributed by atoms with E-state index in [4.69, 9.17) is 11.6 Å². The van der Waals surface area contributed by atoms with Gasteiger partial charge in [-0.15, -0.1) is 0 Å². The van der Waals surface area contributed by atoms with Crippen molar-refractivity contribution in [2.24, 2.45) is 0 Å². The van der Waals surface area contributed by atoms with Crippen molar-refractivity contribution in [3.8, 4) is 0 Å². The Hall–Kier alpha value is -0.540. The normalized spacial score (nSPS) is 11.7. The van der Waals surface area contributed by atoms with Gasteiger partial charge in [0, 0.05) is 5.02 Å². The number of benzene rings is 1. The Balaban J connectivity index is 2.22. The zero-order chi connectivity index (χ0) is 14.8. The number of unbranched alkanes of at least 4 members (excludes halogenated alkanes) is 7. The van der Waals surface area contributed by atoms with Crippen LogP contribution in [0.3, 0.4) is 0 Å². The number of hydrogen-bond donors (Lipinski definition) is 0. The minimum absolute atomic E-state index is 0.240. The standard InChI is InChI=1S/C16H25ClO2S/c1-2-3-4-5-6-7-8-9-14-20(18,19)16-12-10-15(17)11-13-16/h10-13H,2-9,14H2,1H3. The molecule has 0 heterocycles. The van der Waals surface area contributed by atoms with Gasteiger partial charge in [0.25, 0.3) is 0 Å². The molecule has 0 aromatic heterocycles. The Labute approximate surface area is 128 Å². The van der Waals surface area contributed by atoms with Crippen LogP contribution in [-0.2, 0) is 9.84 Å². The van der Waals surface area contributed by atoms with E-state index in [0.717, 1.165) is 19.3 Å². The molecule has 0 saturated heterocycles. The average molecular weight is 317 g/mol. The summed E-state index contributed by atoms with van der Waals surface area (Å²) in [5, 5.41) is 0.566. The zero-order valence-corrected chi connectivity index (χ0v) is 13.8. The van der Waals surface area contributed by atoms with Gasteiger partial charge in [0.2, 0.25) is 0 Å². The van der Waals surface area contributed by atoms with Crippen molar-refractivity contribution in [2.45, 2.75) is 63.2 Å². The van der Waals surface area contributed by atoms with Gasteiger partial charge in [0.1, 0.15) is 0 Å². The molecule has 20 heavy (non-hydrogen) atoms. The second-order valence-electron chi connectivity index (χ2n) is 5.25. The Kier molecular flexibility index (Phi) is 8.24. The molecule has 0 spiro atoms. The van der Waals surface area contributed by atoms with E-state index in [1.165, 1.54) is 32.1 Å². The largest absolute Gasteiger partial charge is 0.224 e. The molecule has 0 aliphatic heterocycles. The lowest BCUT2D eigenvalue weighted by molar-refractivity contribution is 0.572. The van der Waals surface area contributed by atoms with Crippen molar-refractivity contribution < 1.29 is 8.42 Å². The van der Waals surface area contributed by atoms with E-state index in [1.54, 1.807) is 24.3 Å². The summed E-state index contributed by atoms with van der Waals surface area (Å²) in [7, 11) is -3.14. The molecule has 4 heteroatoms. The Bertz CT molecular complexity index is 466.